The van der Waals surface area contributed by atoms with E-state index in [0.717, 1.165) is 11.1 Å². The monoisotopic (exact) mass is 674 g/mol. The summed E-state index contributed by atoms with van der Waals surface area (Å²) < 4.78 is 0. The second-order valence-corrected chi connectivity index (χ2v) is 14.7. The van der Waals surface area contributed by atoms with Crippen molar-refractivity contribution < 1.29 is 4.79 Å². The van der Waals surface area contributed by atoms with Gasteiger partial charge in [-0.25, -0.2) is 0 Å². The molecular formula is C52H34O. The fraction of sp³-hybridized carbons (Fsp3) is 0.0577. The number of allylic oxidation sites excluding steroid dienone is 5. The number of Topliss-reactive ketones (excluding diaryl/α,β-unsaturated/α-hetero) is 1. The molecule has 0 amide bonds. The third-order valence-electron chi connectivity index (χ3n) is 12.4. The number of carbonyl (C=O) groups is 1. The molecule has 7 aromatic rings. The Kier molecular flexibility index (Phi) is 6.23. The maximum Gasteiger partial charge on any atom is 0.192 e. The molecule has 0 aromatic heterocycles. The van der Waals surface area contributed by atoms with Gasteiger partial charge < -0.3 is 0 Å². The molecule has 0 unspecified atom stereocenters. The van der Waals surface area contributed by atoms with Crippen LogP contribution in [0.5, 0.6) is 0 Å². The number of carbonyl (C=O) groups excluding carboxylic acids is 1. The standard InChI is InChI=1S/C52H34O/c1-33-26-27-34(30-31-51(43-20-8-2-14-36(33)43)44-21-9-3-15-37(44)38-16-4-10-22-45(38)51)50(53)35-28-29-42-41-19-7-13-25-48(41)52(49(42)32-35)46-23-11-5-17-39(46)40-18-6-12-24-47(40)52/h2-30,32H,1,31H2/b27-26-,34-30+. The van der Waals surface area contributed by atoms with E-state index in [4.69, 9.17) is 0 Å². The second-order valence-electron chi connectivity index (χ2n) is 14.7. The van der Waals surface area contributed by atoms with E-state index in [2.05, 4.69) is 170 Å². The van der Waals surface area contributed by atoms with Gasteiger partial charge in [-0.1, -0.05) is 183 Å². The summed E-state index contributed by atoms with van der Waals surface area (Å²) in [5.74, 6) is 0.0168. The van der Waals surface area contributed by atoms with Crippen LogP contribution in [0.3, 0.4) is 0 Å². The van der Waals surface area contributed by atoms with Gasteiger partial charge in [-0.3, -0.25) is 4.79 Å². The van der Waals surface area contributed by atoms with Gasteiger partial charge in [0.15, 0.2) is 5.78 Å². The first-order chi connectivity index (χ1) is 26.1. The third-order valence-corrected chi connectivity index (χ3v) is 12.4. The molecule has 4 aliphatic carbocycles. The Balaban J connectivity index is 1.11. The smallest absolute Gasteiger partial charge is 0.192 e. The Labute approximate surface area is 309 Å². The van der Waals surface area contributed by atoms with Crippen LogP contribution in [0.2, 0.25) is 0 Å². The van der Waals surface area contributed by atoms with Crippen LogP contribution in [0.15, 0.2) is 194 Å². The maximum atomic E-state index is 15.1. The van der Waals surface area contributed by atoms with E-state index in [1.54, 1.807) is 0 Å². The minimum atomic E-state index is -0.505. The van der Waals surface area contributed by atoms with Gasteiger partial charge in [-0.2, -0.15) is 0 Å². The summed E-state index contributed by atoms with van der Waals surface area (Å²) in [4.78, 5) is 15.1. The van der Waals surface area contributed by atoms with Crippen LogP contribution in [-0.2, 0) is 10.8 Å². The molecule has 2 spiro atoms. The lowest BCUT2D eigenvalue weighted by atomic mass is 9.68. The first-order valence-corrected chi connectivity index (χ1v) is 18.5. The summed E-state index contributed by atoms with van der Waals surface area (Å²) in [7, 11) is 0. The van der Waals surface area contributed by atoms with Crippen molar-refractivity contribution in [2.75, 3.05) is 0 Å². The zero-order valence-electron chi connectivity index (χ0n) is 29.1. The number of hydrogen-bond acceptors (Lipinski definition) is 1. The van der Waals surface area contributed by atoms with Gasteiger partial charge in [0.1, 0.15) is 0 Å². The van der Waals surface area contributed by atoms with Crippen LogP contribution < -0.4 is 0 Å². The molecule has 7 aromatic carbocycles. The first-order valence-electron chi connectivity index (χ1n) is 18.5. The molecule has 248 valence electrons. The van der Waals surface area contributed by atoms with Crippen molar-refractivity contribution in [1.82, 2.24) is 0 Å². The van der Waals surface area contributed by atoms with Crippen LogP contribution in [0.1, 0.15) is 61.3 Å². The molecule has 0 bridgehead atoms. The molecule has 1 nitrogen and oxygen atoms in total. The van der Waals surface area contributed by atoms with Gasteiger partial charge >= 0.3 is 0 Å². The number of ketones is 1. The zero-order chi connectivity index (χ0) is 35.3. The third kappa shape index (κ3) is 3.84. The summed E-state index contributed by atoms with van der Waals surface area (Å²) >= 11 is 0. The van der Waals surface area contributed by atoms with E-state index >= 15 is 4.79 Å². The van der Waals surface area contributed by atoms with Crippen molar-refractivity contribution in [3.05, 3.63) is 244 Å². The molecule has 0 saturated heterocycles. The highest BCUT2D eigenvalue weighted by Gasteiger charge is 2.52. The average Bonchev–Trinajstić information content (AvgIpc) is 3.81. The Morgan fingerprint density at radius 1 is 0.434 bits per heavy atom. The molecular weight excluding hydrogens is 641 g/mol. The highest BCUT2D eigenvalue weighted by atomic mass is 16.1. The van der Waals surface area contributed by atoms with Crippen molar-refractivity contribution in [2.45, 2.75) is 17.3 Å². The Morgan fingerprint density at radius 3 is 1.34 bits per heavy atom. The maximum absolute atomic E-state index is 15.1. The summed E-state index contributed by atoms with van der Waals surface area (Å²) in [6.07, 6.45) is 6.84. The molecule has 0 saturated carbocycles. The number of benzene rings is 7. The molecule has 53 heavy (non-hydrogen) atoms. The summed E-state index contributed by atoms with van der Waals surface area (Å²) in [6.45, 7) is 4.57. The number of hydrogen-bond donors (Lipinski definition) is 0. The largest absolute Gasteiger partial charge is 0.289 e. The molecule has 11 rings (SSSR count). The van der Waals surface area contributed by atoms with E-state index in [1.807, 2.05) is 18.2 Å². The minimum absolute atomic E-state index is 0.0168. The molecule has 0 fully saturated rings. The van der Waals surface area contributed by atoms with Crippen molar-refractivity contribution >= 4 is 11.4 Å². The Bertz CT molecular complexity index is 2700. The zero-order valence-corrected chi connectivity index (χ0v) is 29.1. The van der Waals surface area contributed by atoms with E-state index < -0.39 is 10.8 Å². The van der Waals surface area contributed by atoms with E-state index in [-0.39, 0.29) is 5.78 Å². The highest BCUT2D eigenvalue weighted by molar-refractivity contribution is 6.12. The molecule has 0 aliphatic heterocycles. The minimum Gasteiger partial charge on any atom is -0.289 e. The van der Waals surface area contributed by atoms with Gasteiger partial charge in [0, 0.05) is 11.1 Å². The highest BCUT2D eigenvalue weighted by Crippen LogP contribution is 2.63. The SMILES string of the molecule is C=C1/C=C\C(C(=O)c2ccc3c(c2)C2(c4ccccc4-c4ccccc42)c2ccccc2-3)=C/CC2(c3ccccc31)c1ccccc1-c1ccccc12. The van der Waals surface area contributed by atoms with Crippen LogP contribution in [0, 0.1) is 0 Å². The molecule has 0 radical (unpaired) electrons. The molecule has 0 atom stereocenters. The van der Waals surface area contributed by atoms with Crippen LogP contribution in [0.4, 0.5) is 0 Å². The van der Waals surface area contributed by atoms with Crippen molar-refractivity contribution in [3.8, 4) is 33.4 Å². The second kappa shape index (κ2) is 11.0. The van der Waals surface area contributed by atoms with Gasteiger partial charge in [0.05, 0.1) is 10.8 Å². The summed E-state index contributed by atoms with van der Waals surface area (Å²) in [6, 6.07) is 59.0. The van der Waals surface area contributed by atoms with Crippen molar-refractivity contribution in [1.29, 1.82) is 0 Å². The predicted molar refractivity (Wildman–Crippen MR) is 216 cm³/mol. The normalized spacial score (nSPS) is 17.5. The lowest BCUT2D eigenvalue weighted by Crippen LogP contribution is -2.28. The molecule has 0 N–H and O–H groups in total. The lowest BCUT2D eigenvalue weighted by Gasteiger charge is -2.34. The molecule has 4 aliphatic rings. The van der Waals surface area contributed by atoms with Crippen molar-refractivity contribution in [2.24, 2.45) is 0 Å². The van der Waals surface area contributed by atoms with E-state index in [1.165, 1.54) is 72.3 Å². The Hall–Kier alpha value is -6.57. The lowest BCUT2D eigenvalue weighted by molar-refractivity contribution is 0.103. The van der Waals surface area contributed by atoms with Gasteiger partial charge in [0.2, 0.25) is 0 Å². The van der Waals surface area contributed by atoms with Crippen molar-refractivity contribution in [3.63, 3.8) is 0 Å². The molecule has 0 heterocycles. The quantitative estimate of drug-likeness (QED) is 0.167. The van der Waals surface area contributed by atoms with Crippen LogP contribution in [0.25, 0.3) is 39.0 Å². The fourth-order valence-electron chi connectivity index (χ4n) is 10.3. The van der Waals surface area contributed by atoms with E-state index in [0.29, 0.717) is 17.6 Å². The van der Waals surface area contributed by atoms with E-state index in [9.17, 15) is 0 Å². The van der Waals surface area contributed by atoms with Crippen LogP contribution >= 0.6 is 0 Å². The van der Waals surface area contributed by atoms with Gasteiger partial charge in [-0.05, 0) is 95.9 Å². The van der Waals surface area contributed by atoms with Gasteiger partial charge in [0.25, 0.3) is 0 Å². The number of fused-ring (bicyclic) bond motifs is 17. The average molecular weight is 675 g/mol. The predicted octanol–water partition coefficient (Wildman–Crippen LogP) is 12.1. The topological polar surface area (TPSA) is 17.1 Å². The first kappa shape index (κ1) is 30.1. The van der Waals surface area contributed by atoms with Gasteiger partial charge in [-0.15, -0.1) is 0 Å². The Morgan fingerprint density at radius 2 is 0.830 bits per heavy atom. The molecule has 1 heteroatoms. The fourth-order valence-corrected chi connectivity index (χ4v) is 10.3. The summed E-state index contributed by atoms with van der Waals surface area (Å²) in [5.41, 5.74) is 18.5. The summed E-state index contributed by atoms with van der Waals surface area (Å²) in [5, 5.41) is 0. The van der Waals surface area contributed by atoms with Crippen LogP contribution in [-0.4, -0.2) is 5.78 Å². The number of rotatable bonds is 2.